The van der Waals surface area contributed by atoms with Gasteiger partial charge in [-0.1, -0.05) is 30.3 Å². The molecule has 0 bridgehead atoms. The lowest BCUT2D eigenvalue weighted by molar-refractivity contribution is 0.162. The van der Waals surface area contributed by atoms with Crippen molar-refractivity contribution in [1.29, 1.82) is 0 Å². The lowest BCUT2D eigenvalue weighted by atomic mass is 10.1. The molecule has 166 valence electrons. The Labute approximate surface area is 189 Å². The summed E-state index contributed by atoms with van der Waals surface area (Å²) < 4.78 is 10.6. The lowest BCUT2D eigenvalue weighted by Crippen LogP contribution is -2.29. The highest BCUT2D eigenvalue weighted by Crippen LogP contribution is 2.33. The van der Waals surface area contributed by atoms with E-state index in [0.717, 1.165) is 11.1 Å². The van der Waals surface area contributed by atoms with Crippen LogP contribution >= 0.6 is 0 Å². The molecule has 0 aliphatic carbocycles. The highest BCUT2D eigenvalue weighted by molar-refractivity contribution is 6.00. The maximum absolute atomic E-state index is 12.9. The van der Waals surface area contributed by atoms with E-state index < -0.39 is 12.2 Å². The Kier molecular flexibility index (Phi) is 7.49. The predicted molar refractivity (Wildman–Crippen MR) is 127 cm³/mol. The van der Waals surface area contributed by atoms with Crippen LogP contribution in [0.4, 0.5) is 32.3 Å². The van der Waals surface area contributed by atoms with E-state index in [1.54, 1.807) is 26.0 Å². The molecule has 0 saturated heterocycles. The number of nitrogens with zero attached hydrogens (tertiary/aromatic N) is 2. The molecule has 0 aliphatic rings. The standard InChI is InChI=1S/C26H28N2O4/c1-5-31-25(29)27(21-12-7-10-19(3)16-21)23-14-9-15-24(18-23)28(26(30)32-6-2)22-13-8-11-20(4)17-22/h7-18H,5-6H2,1-4H3. The Hall–Kier alpha value is -3.80. The molecule has 3 aromatic carbocycles. The Morgan fingerprint density at radius 2 is 0.969 bits per heavy atom. The summed E-state index contributed by atoms with van der Waals surface area (Å²) >= 11 is 0. The smallest absolute Gasteiger partial charge is 0.418 e. The summed E-state index contributed by atoms with van der Waals surface area (Å²) in [6, 6.07) is 22.4. The third-order valence-corrected chi connectivity index (χ3v) is 4.77. The predicted octanol–water partition coefficient (Wildman–Crippen LogP) is 6.89. The molecule has 0 N–H and O–H groups in total. The second-order valence-corrected chi connectivity index (χ2v) is 7.27. The SMILES string of the molecule is CCOC(=O)N(c1cccc(C)c1)c1cccc(N(C(=O)OCC)c2cccc(C)c2)c1. The average molecular weight is 433 g/mol. The van der Waals surface area contributed by atoms with E-state index in [1.807, 2.05) is 74.5 Å². The zero-order chi connectivity index (χ0) is 23.1. The summed E-state index contributed by atoms with van der Waals surface area (Å²) in [6.07, 6.45) is -0.984. The molecule has 0 unspecified atom stereocenters. The minimum absolute atomic E-state index is 0.249. The molecule has 2 amide bonds. The number of amides is 2. The lowest BCUT2D eigenvalue weighted by Gasteiger charge is -2.26. The molecule has 3 rings (SSSR count). The number of aryl methyl sites for hydroxylation is 2. The Morgan fingerprint density at radius 1 is 0.625 bits per heavy atom. The van der Waals surface area contributed by atoms with Crippen LogP contribution < -0.4 is 9.80 Å². The summed E-state index contributed by atoms with van der Waals surface area (Å²) in [5.41, 5.74) is 4.54. The van der Waals surface area contributed by atoms with Gasteiger partial charge in [0.2, 0.25) is 0 Å². The van der Waals surface area contributed by atoms with Crippen molar-refractivity contribution in [3.63, 3.8) is 0 Å². The fourth-order valence-corrected chi connectivity index (χ4v) is 3.40. The van der Waals surface area contributed by atoms with E-state index in [9.17, 15) is 9.59 Å². The van der Waals surface area contributed by atoms with E-state index in [4.69, 9.17) is 9.47 Å². The molecule has 32 heavy (non-hydrogen) atoms. The van der Waals surface area contributed by atoms with Gasteiger partial charge in [-0.3, -0.25) is 0 Å². The highest BCUT2D eigenvalue weighted by Gasteiger charge is 2.24. The van der Waals surface area contributed by atoms with E-state index in [1.165, 1.54) is 9.80 Å². The fraction of sp³-hybridized carbons (Fsp3) is 0.231. The first kappa shape index (κ1) is 22.9. The van der Waals surface area contributed by atoms with Crippen LogP contribution in [0.1, 0.15) is 25.0 Å². The van der Waals surface area contributed by atoms with Gasteiger partial charge >= 0.3 is 12.2 Å². The van der Waals surface area contributed by atoms with Crippen LogP contribution in [0.3, 0.4) is 0 Å². The van der Waals surface area contributed by atoms with Crippen LogP contribution in [0.5, 0.6) is 0 Å². The molecule has 3 aromatic rings. The summed E-state index contributed by atoms with van der Waals surface area (Å²) in [7, 11) is 0. The van der Waals surface area contributed by atoms with Crippen molar-refractivity contribution in [3.05, 3.63) is 83.9 Å². The van der Waals surface area contributed by atoms with Gasteiger partial charge in [-0.2, -0.15) is 0 Å². The van der Waals surface area contributed by atoms with Crippen LogP contribution in [-0.2, 0) is 9.47 Å². The van der Waals surface area contributed by atoms with Crippen molar-refractivity contribution in [2.24, 2.45) is 0 Å². The van der Waals surface area contributed by atoms with Crippen molar-refractivity contribution >= 4 is 34.9 Å². The van der Waals surface area contributed by atoms with Gasteiger partial charge in [0.1, 0.15) is 0 Å². The number of hydrogen-bond donors (Lipinski definition) is 0. The molecule has 0 spiro atoms. The Bertz CT molecular complexity index is 1010. The normalized spacial score (nSPS) is 10.4. The van der Waals surface area contributed by atoms with Gasteiger partial charge in [0.15, 0.2) is 0 Å². The first-order valence-electron chi connectivity index (χ1n) is 10.6. The molecule has 6 nitrogen and oxygen atoms in total. The molecule has 0 atom stereocenters. The number of anilines is 4. The van der Waals surface area contributed by atoms with E-state index >= 15 is 0 Å². The Morgan fingerprint density at radius 3 is 1.31 bits per heavy atom. The quantitative estimate of drug-likeness (QED) is 0.425. The molecule has 0 fully saturated rings. The van der Waals surface area contributed by atoms with Gasteiger partial charge in [-0.05, 0) is 81.3 Å². The van der Waals surface area contributed by atoms with Gasteiger partial charge in [-0.25, -0.2) is 19.4 Å². The molecule has 0 saturated carbocycles. The number of carbonyl (C=O) groups excluding carboxylic acids is 2. The first-order valence-corrected chi connectivity index (χ1v) is 10.6. The van der Waals surface area contributed by atoms with Crippen molar-refractivity contribution < 1.29 is 19.1 Å². The van der Waals surface area contributed by atoms with Crippen molar-refractivity contribution in [3.8, 4) is 0 Å². The van der Waals surface area contributed by atoms with Gasteiger partial charge in [0.25, 0.3) is 0 Å². The Balaban J connectivity index is 2.11. The maximum atomic E-state index is 12.9. The third kappa shape index (κ3) is 5.27. The van der Waals surface area contributed by atoms with Crippen molar-refractivity contribution in [1.82, 2.24) is 0 Å². The average Bonchev–Trinajstić information content (AvgIpc) is 2.75. The fourth-order valence-electron chi connectivity index (χ4n) is 3.40. The number of ether oxygens (including phenoxy) is 2. The van der Waals surface area contributed by atoms with E-state index in [2.05, 4.69) is 0 Å². The van der Waals surface area contributed by atoms with Crippen LogP contribution in [-0.4, -0.2) is 25.4 Å². The van der Waals surface area contributed by atoms with Crippen molar-refractivity contribution in [2.45, 2.75) is 27.7 Å². The zero-order valence-electron chi connectivity index (χ0n) is 18.9. The highest BCUT2D eigenvalue weighted by atomic mass is 16.6. The van der Waals surface area contributed by atoms with Gasteiger partial charge in [0.05, 0.1) is 36.0 Å². The number of benzene rings is 3. The molecule has 0 heterocycles. The van der Waals surface area contributed by atoms with E-state index in [-0.39, 0.29) is 13.2 Å². The van der Waals surface area contributed by atoms with Crippen molar-refractivity contribution in [2.75, 3.05) is 23.0 Å². The van der Waals surface area contributed by atoms with Crippen LogP contribution in [0.2, 0.25) is 0 Å². The summed E-state index contributed by atoms with van der Waals surface area (Å²) in [5, 5.41) is 0. The second kappa shape index (κ2) is 10.5. The van der Waals surface area contributed by atoms with Gasteiger partial charge in [-0.15, -0.1) is 0 Å². The van der Waals surface area contributed by atoms with Crippen LogP contribution in [0, 0.1) is 13.8 Å². The van der Waals surface area contributed by atoms with Crippen LogP contribution in [0.25, 0.3) is 0 Å². The monoisotopic (exact) mass is 432 g/mol. The molecule has 0 radical (unpaired) electrons. The minimum atomic E-state index is -0.492. The second-order valence-electron chi connectivity index (χ2n) is 7.27. The molecule has 6 heteroatoms. The molecule has 0 aliphatic heterocycles. The maximum Gasteiger partial charge on any atom is 0.418 e. The number of carbonyl (C=O) groups is 2. The third-order valence-electron chi connectivity index (χ3n) is 4.77. The van der Waals surface area contributed by atoms with E-state index in [0.29, 0.717) is 22.7 Å². The summed E-state index contributed by atoms with van der Waals surface area (Å²) in [5.74, 6) is 0. The summed E-state index contributed by atoms with van der Waals surface area (Å²) in [4.78, 5) is 28.8. The number of hydrogen-bond acceptors (Lipinski definition) is 4. The molecular weight excluding hydrogens is 404 g/mol. The van der Waals surface area contributed by atoms with Gasteiger partial charge < -0.3 is 9.47 Å². The topological polar surface area (TPSA) is 59.1 Å². The first-order chi connectivity index (χ1) is 15.4. The molecular formula is C26H28N2O4. The minimum Gasteiger partial charge on any atom is -0.449 e. The zero-order valence-corrected chi connectivity index (χ0v) is 18.9. The largest absolute Gasteiger partial charge is 0.449 e. The molecule has 0 aromatic heterocycles. The van der Waals surface area contributed by atoms with Gasteiger partial charge in [0, 0.05) is 0 Å². The summed E-state index contributed by atoms with van der Waals surface area (Å²) in [6.45, 7) is 7.96. The van der Waals surface area contributed by atoms with Crippen LogP contribution in [0.15, 0.2) is 72.8 Å². The number of rotatable bonds is 6.